The minimum atomic E-state index is -0.124. The number of likely N-dealkylation sites (N-methyl/N-ethyl adjacent to an activating group) is 1. The molecule has 1 aromatic carbocycles. The standard InChI is InChI=1S/C24H30N4O2/c1-16-22(18-6-5-17-14-21(30)27(2)20(17)13-18)26-19(15-29)23(25-16)28-11-9-24(10-12-28)7-3-4-8-24/h5-6,13,29H,3-4,7-12,14-15H2,1-2H3. The fourth-order valence-corrected chi connectivity index (χ4v) is 5.58. The maximum atomic E-state index is 12.0. The van der Waals surface area contributed by atoms with E-state index in [2.05, 4.69) is 4.90 Å². The van der Waals surface area contributed by atoms with Gasteiger partial charge in [0.25, 0.3) is 0 Å². The first-order valence-electron chi connectivity index (χ1n) is 11.1. The van der Waals surface area contributed by atoms with Gasteiger partial charge in [0.2, 0.25) is 5.91 Å². The Labute approximate surface area is 177 Å². The van der Waals surface area contributed by atoms with Crippen LogP contribution in [0.5, 0.6) is 0 Å². The van der Waals surface area contributed by atoms with E-state index in [9.17, 15) is 9.90 Å². The van der Waals surface area contributed by atoms with Gasteiger partial charge in [-0.25, -0.2) is 9.97 Å². The summed E-state index contributed by atoms with van der Waals surface area (Å²) >= 11 is 0. The van der Waals surface area contributed by atoms with Gasteiger partial charge >= 0.3 is 0 Å². The van der Waals surface area contributed by atoms with E-state index in [1.807, 2.05) is 32.2 Å². The predicted octanol–water partition coefficient (Wildman–Crippen LogP) is 3.62. The Kier molecular flexibility index (Phi) is 4.77. The summed E-state index contributed by atoms with van der Waals surface area (Å²) in [6.45, 7) is 3.84. The number of aromatic nitrogens is 2. The van der Waals surface area contributed by atoms with Crippen molar-refractivity contribution in [3.8, 4) is 11.3 Å². The second kappa shape index (κ2) is 7.34. The van der Waals surface area contributed by atoms with Crippen LogP contribution in [0.4, 0.5) is 11.5 Å². The molecule has 0 radical (unpaired) electrons. The highest BCUT2D eigenvalue weighted by Gasteiger charge is 2.37. The van der Waals surface area contributed by atoms with Crippen LogP contribution < -0.4 is 9.80 Å². The lowest BCUT2D eigenvalue weighted by Crippen LogP contribution is -2.40. The largest absolute Gasteiger partial charge is 0.390 e. The molecule has 1 saturated carbocycles. The SMILES string of the molecule is Cc1nc(N2CCC3(CCCC3)CC2)c(CO)nc1-c1ccc2c(c1)N(C)C(=O)C2. The Morgan fingerprint density at radius 2 is 1.83 bits per heavy atom. The molecule has 0 atom stereocenters. The average molecular weight is 407 g/mol. The molecule has 2 aromatic rings. The number of piperidine rings is 1. The summed E-state index contributed by atoms with van der Waals surface area (Å²) in [5, 5.41) is 10.1. The van der Waals surface area contributed by atoms with Gasteiger partial charge in [-0.05, 0) is 49.7 Å². The monoisotopic (exact) mass is 406 g/mol. The number of hydrogen-bond donors (Lipinski definition) is 1. The third-order valence-electron chi connectivity index (χ3n) is 7.49. The lowest BCUT2D eigenvalue weighted by atomic mass is 9.77. The Morgan fingerprint density at radius 1 is 1.10 bits per heavy atom. The maximum absolute atomic E-state index is 12.0. The van der Waals surface area contributed by atoms with Crippen molar-refractivity contribution in [2.45, 2.75) is 58.5 Å². The summed E-state index contributed by atoms with van der Waals surface area (Å²) in [5.41, 5.74) is 5.74. The number of carbonyl (C=O) groups is 1. The Bertz CT molecular complexity index is 987. The topological polar surface area (TPSA) is 69.6 Å². The fraction of sp³-hybridized carbons (Fsp3) is 0.542. The van der Waals surface area contributed by atoms with E-state index in [-0.39, 0.29) is 12.5 Å². The molecule has 0 unspecified atom stereocenters. The third kappa shape index (κ3) is 3.18. The molecule has 3 aliphatic rings. The number of aryl methyl sites for hydroxylation is 1. The summed E-state index contributed by atoms with van der Waals surface area (Å²) in [6.07, 6.45) is 8.36. The highest BCUT2D eigenvalue weighted by Crippen LogP contribution is 2.46. The number of amides is 1. The molecule has 1 amide bonds. The maximum Gasteiger partial charge on any atom is 0.231 e. The van der Waals surface area contributed by atoms with Gasteiger partial charge in [-0.3, -0.25) is 4.79 Å². The van der Waals surface area contributed by atoms with Crippen LogP contribution >= 0.6 is 0 Å². The van der Waals surface area contributed by atoms with Gasteiger partial charge in [0.05, 0.1) is 24.4 Å². The lowest BCUT2D eigenvalue weighted by molar-refractivity contribution is -0.117. The van der Waals surface area contributed by atoms with Crippen molar-refractivity contribution in [2.24, 2.45) is 5.41 Å². The molecule has 3 heterocycles. The van der Waals surface area contributed by atoms with Gasteiger partial charge in [-0.1, -0.05) is 25.0 Å². The Morgan fingerprint density at radius 3 is 2.53 bits per heavy atom. The van der Waals surface area contributed by atoms with E-state index in [0.717, 1.165) is 47.1 Å². The fourth-order valence-electron chi connectivity index (χ4n) is 5.58. The van der Waals surface area contributed by atoms with Crippen LogP contribution in [0.15, 0.2) is 18.2 Å². The van der Waals surface area contributed by atoms with Crippen LogP contribution in [0, 0.1) is 12.3 Å². The molecule has 1 saturated heterocycles. The molecule has 0 bridgehead atoms. The molecular weight excluding hydrogens is 376 g/mol. The number of anilines is 2. The first-order chi connectivity index (χ1) is 14.5. The van der Waals surface area contributed by atoms with Crippen LogP contribution in [-0.2, 0) is 17.8 Å². The molecule has 2 fully saturated rings. The summed E-state index contributed by atoms with van der Waals surface area (Å²) < 4.78 is 0. The van der Waals surface area contributed by atoms with Crippen LogP contribution in [-0.4, -0.2) is 41.1 Å². The number of fused-ring (bicyclic) bond motifs is 1. The third-order valence-corrected chi connectivity index (χ3v) is 7.49. The summed E-state index contributed by atoms with van der Waals surface area (Å²) in [6, 6.07) is 6.03. The highest BCUT2D eigenvalue weighted by molar-refractivity contribution is 6.01. The number of aliphatic hydroxyl groups is 1. The molecule has 1 aromatic heterocycles. The molecule has 5 rings (SSSR count). The van der Waals surface area contributed by atoms with E-state index in [0.29, 0.717) is 17.5 Å². The van der Waals surface area contributed by atoms with Crippen LogP contribution in [0.3, 0.4) is 0 Å². The van der Waals surface area contributed by atoms with E-state index in [4.69, 9.17) is 9.97 Å². The van der Waals surface area contributed by atoms with Gasteiger partial charge < -0.3 is 14.9 Å². The van der Waals surface area contributed by atoms with Crippen molar-refractivity contribution in [1.29, 1.82) is 0 Å². The van der Waals surface area contributed by atoms with Crippen molar-refractivity contribution in [1.82, 2.24) is 9.97 Å². The lowest BCUT2D eigenvalue weighted by Gasteiger charge is -2.40. The van der Waals surface area contributed by atoms with Crippen LogP contribution in [0.25, 0.3) is 11.3 Å². The van der Waals surface area contributed by atoms with Gasteiger partial charge in [-0.15, -0.1) is 0 Å². The summed E-state index contributed by atoms with van der Waals surface area (Å²) in [7, 11) is 1.81. The first kappa shape index (κ1) is 19.5. The second-order valence-corrected chi connectivity index (χ2v) is 9.25. The number of benzene rings is 1. The van der Waals surface area contributed by atoms with Crippen molar-refractivity contribution in [3.05, 3.63) is 35.2 Å². The van der Waals surface area contributed by atoms with Crippen molar-refractivity contribution < 1.29 is 9.90 Å². The molecule has 158 valence electrons. The van der Waals surface area contributed by atoms with Crippen LogP contribution in [0.1, 0.15) is 55.5 Å². The molecular formula is C24H30N4O2. The van der Waals surface area contributed by atoms with Gasteiger partial charge in [0, 0.05) is 31.4 Å². The van der Waals surface area contributed by atoms with Crippen molar-refractivity contribution in [2.75, 3.05) is 29.9 Å². The summed E-state index contributed by atoms with van der Waals surface area (Å²) in [4.78, 5) is 25.8. The van der Waals surface area contributed by atoms with Crippen LogP contribution in [0.2, 0.25) is 0 Å². The molecule has 6 heteroatoms. The normalized spacial score (nSPS) is 20.3. The van der Waals surface area contributed by atoms with Gasteiger partial charge in [0.1, 0.15) is 5.69 Å². The highest BCUT2D eigenvalue weighted by atomic mass is 16.3. The van der Waals surface area contributed by atoms with Crippen molar-refractivity contribution >= 4 is 17.4 Å². The number of aliphatic hydroxyl groups excluding tert-OH is 1. The zero-order valence-corrected chi connectivity index (χ0v) is 17.9. The van der Waals surface area contributed by atoms with E-state index in [1.165, 1.54) is 38.5 Å². The van der Waals surface area contributed by atoms with E-state index < -0.39 is 0 Å². The first-order valence-corrected chi connectivity index (χ1v) is 11.1. The molecule has 1 spiro atoms. The average Bonchev–Trinajstić information content (AvgIpc) is 3.33. The quantitative estimate of drug-likeness (QED) is 0.843. The minimum absolute atomic E-state index is 0.112. The summed E-state index contributed by atoms with van der Waals surface area (Å²) in [5.74, 6) is 0.946. The van der Waals surface area contributed by atoms with E-state index in [1.54, 1.807) is 4.90 Å². The minimum Gasteiger partial charge on any atom is -0.390 e. The molecule has 1 aliphatic carbocycles. The molecule has 1 N–H and O–H groups in total. The Balaban J connectivity index is 1.45. The number of hydrogen-bond acceptors (Lipinski definition) is 5. The van der Waals surface area contributed by atoms with E-state index >= 15 is 0 Å². The molecule has 6 nitrogen and oxygen atoms in total. The predicted molar refractivity (Wildman–Crippen MR) is 118 cm³/mol. The molecule has 30 heavy (non-hydrogen) atoms. The Hall–Kier alpha value is -2.47. The molecule has 2 aliphatic heterocycles. The number of carbonyl (C=O) groups excluding carboxylic acids is 1. The van der Waals surface area contributed by atoms with Gasteiger partial charge in [0.15, 0.2) is 5.82 Å². The smallest absolute Gasteiger partial charge is 0.231 e. The second-order valence-electron chi connectivity index (χ2n) is 9.25. The zero-order valence-electron chi connectivity index (χ0n) is 17.9. The number of rotatable bonds is 3. The van der Waals surface area contributed by atoms with Crippen molar-refractivity contribution in [3.63, 3.8) is 0 Å². The zero-order chi connectivity index (χ0) is 20.9. The van der Waals surface area contributed by atoms with Gasteiger partial charge in [-0.2, -0.15) is 0 Å². The number of nitrogens with zero attached hydrogens (tertiary/aromatic N) is 4.